The first-order valence-corrected chi connectivity index (χ1v) is 9.73. The minimum atomic E-state index is -0.302. The predicted molar refractivity (Wildman–Crippen MR) is 113 cm³/mol. The van der Waals surface area contributed by atoms with Gasteiger partial charge in [0.2, 0.25) is 5.91 Å². The van der Waals surface area contributed by atoms with Crippen LogP contribution in [0.3, 0.4) is 0 Å². The molecule has 2 aromatic carbocycles. The van der Waals surface area contributed by atoms with Crippen molar-refractivity contribution in [3.8, 4) is 17.0 Å². The molecule has 1 amide bonds. The molecular weight excluding hydrogens is 366 g/mol. The van der Waals surface area contributed by atoms with E-state index in [-0.39, 0.29) is 18.0 Å². The highest BCUT2D eigenvalue weighted by atomic mass is 16.5. The Morgan fingerprint density at radius 3 is 2.38 bits per heavy atom. The number of amides is 1. The molecule has 1 heterocycles. The van der Waals surface area contributed by atoms with Crippen molar-refractivity contribution in [3.63, 3.8) is 0 Å². The number of hydrogen-bond acceptors (Lipinski definition) is 4. The second-order valence-electron chi connectivity index (χ2n) is 6.57. The molecule has 3 aromatic rings. The quantitative estimate of drug-likeness (QED) is 0.591. The number of ether oxygens (including phenoxy) is 1. The summed E-state index contributed by atoms with van der Waals surface area (Å²) in [4.78, 5) is 26.7. The average molecular weight is 391 g/mol. The average Bonchev–Trinajstić information content (AvgIpc) is 2.75. The monoisotopic (exact) mass is 391 g/mol. The van der Waals surface area contributed by atoms with Gasteiger partial charge < -0.3 is 9.64 Å². The summed E-state index contributed by atoms with van der Waals surface area (Å²) in [6, 6.07) is 20.4. The van der Waals surface area contributed by atoms with Gasteiger partial charge in [0.15, 0.2) is 0 Å². The lowest BCUT2D eigenvalue weighted by Crippen LogP contribution is -2.36. The molecule has 0 aliphatic rings. The van der Waals surface area contributed by atoms with E-state index in [2.05, 4.69) is 5.10 Å². The molecule has 3 rings (SSSR count). The normalized spacial score (nSPS) is 10.6. The molecule has 150 valence electrons. The summed E-state index contributed by atoms with van der Waals surface area (Å²) in [5.74, 6) is 0.633. The molecule has 0 N–H and O–H groups in total. The van der Waals surface area contributed by atoms with Crippen LogP contribution >= 0.6 is 0 Å². The van der Waals surface area contributed by atoms with Gasteiger partial charge in [-0.05, 0) is 49.7 Å². The summed E-state index contributed by atoms with van der Waals surface area (Å²) in [5, 5.41) is 4.40. The molecule has 0 fully saturated rings. The highest BCUT2D eigenvalue weighted by Crippen LogP contribution is 2.20. The van der Waals surface area contributed by atoms with Crippen LogP contribution in [-0.2, 0) is 17.9 Å². The summed E-state index contributed by atoms with van der Waals surface area (Å²) in [6.07, 6.45) is 0. The van der Waals surface area contributed by atoms with Gasteiger partial charge >= 0.3 is 0 Å². The van der Waals surface area contributed by atoms with Gasteiger partial charge in [-0.1, -0.05) is 30.3 Å². The lowest BCUT2D eigenvalue weighted by atomic mass is 10.1. The molecule has 6 nitrogen and oxygen atoms in total. The van der Waals surface area contributed by atoms with Crippen molar-refractivity contribution in [1.82, 2.24) is 14.7 Å². The van der Waals surface area contributed by atoms with Crippen molar-refractivity contribution in [3.05, 3.63) is 82.6 Å². The topological polar surface area (TPSA) is 64.4 Å². The van der Waals surface area contributed by atoms with Gasteiger partial charge in [0.25, 0.3) is 5.56 Å². The Morgan fingerprint density at radius 2 is 1.72 bits per heavy atom. The highest BCUT2D eigenvalue weighted by Gasteiger charge is 2.15. The van der Waals surface area contributed by atoms with Crippen molar-refractivity contribution in [1.29, 1.82) is 0 Å². The van der Waals surface area contributed by atoms with Crippen LogP contribution in [-0.4, -0.2) is 33.7 Å². The van der Waals surface area contributed by atoms with Crippen molar-refractivity contribution in [2.45, 2.75) is 26.9 Å². The molecule has 0 unspecified atom stereocenters. The zero-order valence-corrected chi connectivity index (χ0v) is 16.7. The van der Waals surface area contributed by atoms with E-state index in [1.807, 2.05) is 68.4 Å². The Kier molecular flexibility index (Phi) is 6.79. The second kappa shape index (κ2) is 9.68. The Morgan fingerprint density at radius 1 is 1.00 bits per heavy atom. The number of hydrogen-bond donors (Lipinski definition) is 0. The van der Waals surface area contributed by atoms with E-state index >= 15 is 0 Å². The minimum Gasteiger partial charge on any atom is -0.494 e. The third-order valence-electron chi connectivity index (χ3n) is 4.56. The van der Waals surface area contributed by atoms with Gasteiger partial charge in [-0.3, -0.25) is 9.59 Å². The molecule has 0 aliphatic heterocycles. The molecule has 0 aliphatic carbocycles. The second-order valence-corrected chi connectivity index (χ2v) is 6.57. The first-order valence-electron chi connectivity index (χ1n) is 9.73. The molecule has 1 aromatic heterocycles. The van der Waals surface area contributed by atoms with Crippen molar-refractivity contribution < 1.29 is 9.53 Å². The Labute approximate surface area is 170 Å². The number of aromatic nitrogens is 2. The maximum absolute atomic E-state index is 12.8. The molecule has 0 atom stereocenters. The lowest BCUT2D eigenvalue weighted by Gasteiger charge is -2.21. The van der Waals surface area contributed by atoms with Gasteiger partial charge in [0.05, 0.1) is 12.3 Å². The minimum absolute atomic E-state index is 0.0929. The van der Waals surface area contributed by atoms with E-state index in [0.29, 0.717) is 25.4 Å². The SMILES string of the molecule is CCOc1ccc(-c2ccc(=O)n(CC(=O)N(CC)Cc3ccccc3)n2)cc1. The van der Waals surface area contributed by atoms with Gasteiger partial charge in [-0.25, -0.2) is 4.68 Å². The van der Waals surface area contributed by atoms with Crippen LogP contribution in [0.4, 0.5) is 0 Å². The standard InChI is InChI=1S/C23H25N3O3/c1-3-25(16-18-8-6-5-7-9-18)23(28)17-26-22(27)15-14-21(24-26)19-10-12-20(13-11-19)29-4-2/h5-15H,3-4,16-17H2,1-2H3. The fraction of sp³-hybridized carbons (Fsp3) is 0.261. The largest absolute Gasteiger partial charge is 0.494 e. The van der Waals surface area contributed by atoms with Crippen molar-refractivity contribution in [2.24, 2.45) is 0 Å². The molecular formula is C23H25N3O3. The molecule has 29 heavy (non-hydrogen) atoms. The van der Waals surface area contributed by atoms with E-state index < -0.39 is 0 Å². The van der Waals surface area contributed by atoms with Gasteiger partial charge in [-0.2, -0.15) is 5.10 Å². The molecule has 0 spiro atoms. The summed E-state index contributed by atoms with van der Waals surface area (Å²) in [7, 11) is 0. The third kappa shape index (κ3) is 5.31. The number of carbonyl (C=O) groups is 1. The van der Waals surface area contributed by atoms with Crippen molar-refractivity contribution >= 4 is 5.91 Å². The summed E-state index contributed by atoms with van der Waals surface area (Å²) in [5.41, 5.74) is 2.23. The first kappa shape index (κ1) is 20.3. The maximum atomic E-state index is 12.8. The van der Waals surface area contributed by atoms with Crippen LogP contribution in [0, 0.1) is 0 Å². The molecule has 0 saturated heterocycles. The van der Waals surface area contributed by atoms with Crippen LogP contribution in [0.2, 0.25) is 0 Å². The van der Waals surface area contributed by atoms with Crippen LogP contribution in [0.15, 0.2) is 71.5 Å². The highest BCUT2D eigenvalue weighted by molar-refractivity contribution is 5.76. The van der Waals surface area contributed by atoms with Gasteiger partial charge in [0.1, 0.15) is 12.3 Å². The van der Waals surface area contributed by atoms with E-state index in [0.717, 1.165) is 16.9 Å². The number of benzene rings is 2. The molecule has 6 heteroatoms. The molecule has 0 bridgehead atoms. The van der Waals surface area contributed by atoms with E-state index in [4.69, 9.17) is 4.74 Å². The fourth-order valence-corrected chi connectivity index (χ4v) is 3.01. The Bertz CT molecular complexity index is 998. The van der Waals surface area contributed by atoms with Crippen LogP contribution in [0.25, 0.3) is 11.3 Å². The smallest absolute Gasteiger partial charge is 0.267 e. The van der Waals surface area contributed by atoms with Crippen LogP contribution in [0.1, 0.15) is 19.4 Å². The Hall–Kier alpha value is -3.41. The number of rotatable bonds is 8. The van der Waals surface area contributed by atoms with E-state index in [1.54, 1.807) is 11.0 Å². The fourth-order valence-electron chi connectivity index (χ4n) is 3.01. The molecule has 0 saturated carbocycles. The predicted octanol–water partition coefficient (Wildman–Crippen LogP) is 3.36. The number of nitrogens with zero attached hydrogens (tertiary/aromatic N) is 3. The van der Waals surface area contributed by atoms with E-state index in [1.165, 1.54) is 10.7 Å². The summed E-state index contributed by atoms with van der Waals surface area (Å²) >= 11 is 0. The van der Waals surface area contributed by atoms with E-state index in [9.17, 15) is 9.59 Å². The zero-order chi connectivity index (χ0) is 20.6. The number of likely N-dealkylation sites (N-methyl/N-ethyl adjacent to an activating group) is 1. The molecule has 0 radical (unpaired) electrons. The van der Waals surface area contributed by atoms with Crippen LogP contribution in [0.5, 0.6) is 5.75 Å². The first-order chi connectivity index (χ1) is 14.1. The summed E-state index contributed by atoms with van der Waals surface area (Å²) in [6.45, 7) is 5.42. The summed E-state index contributed by atoms with van der Waals surface area (Å²) < 4.78 is 6.68. The maximum Gasteiger partial charge on any atom is 0.267 e. The van der Waals surface area contributed by atoms with Crippen molar-refractivity contribution in [2.75, 3.05) is 13.2 Å². The Balaban J connectivity index is 1.76. The number of carbonyl (C=O) groups excluding carboxylic acids is 1. The van der Waals surface area contributed by atoms with Crippen LogP contribution < -0.4 is 10.3 Å². The van der Waals surface area contributed by atoms with Gasteiger partial charge in [-0.15, -0.1) is 0 Å². The third-order valence-corrected chi connectivity index (χ3v) is 4.56. The lowest BCUT2D eigenvalue weighted by molar-refractivity contribution is -0.132. The van der Waals surface area contributed by atoms with Gasteiger partial charge in [0, 0.05) is 24.7 Å². The zero-order valence-electron chi connectivity index (χ0n) is 16.7.